The molecular weight excluding hydrogens is 287 g/mol. The fraction of sp³-hybridized carbons (Fsp3) is 1.00. The summed E-state index contributed by atoms with van der Waals surface area (Å²) in [5.41, 5.74) is 0. The molecule has 4 heteroatoms. The number of hydrogen-bond donors (Lipinski definition) is 0. The van der Waals surface area contributed by atoms with Gasteiger partial charge in [-0.2, -0.15) is 0 Å². The van der Waals surface area contributed by atoms with Gasteiger partial charge in [0.05, 0.1) is 0 Å². The first kappa shape index (κ1) is 18.5. The van der Waals surface area contributed by atoms with Gasteiger partial charge in [-0.1, -0.05) is 26.2 Å². The zero-order valence-electron chi connectivity index (χ0n) is 13.1. The molecular formula is C16H31N2OV-. The van der Waals surface area contributed by atoms with Crippen LogP contribution in [0.15, 0.2) is 0 Å². The molecule has 0 bridgehead atoms. The molecule has 3 nitrogen and oxygen atoms in total. The molecule has 117 valence electrons. The van der Waals surface area contributed by atoms with Crippen LogP contribution in [0.5, 0.6) is 0 Å². The van der Waals surface area contributed by atoms with Crippen molar-refractivity contribution in [1.82, 2.24) is 4.90 Å². The van der Waals surface area contributed by atoms with Crippen LogP contribution in [-0.2, 0) is 23.3 Å². The van der Waals surface area contributed by atoms with Gasteiger partial charge in [0.25, 0.3) is 0 Å². The molecule has 0 spiro atoms. The summed E-state index contributed by atoms with van der Waals surface area (Å²) in [7, 11) is 0. The van der Waals surface area contributed by atoms with E-state index in [4.69, 9.17) is 4.74 Å². The normalized spacial score (nSPS) is 22.6. The molecule has 20 heavy (non-hydrogen) atoms. The SMILES string of the molecule is CCC1CCN(CCCOCC2CC[N-]CC2)CC1.[V]. The minimum absolute atomic E-state index is 0. The van der Waals surface area contributed by atoms with E-state index in [1.54, 1.807) is 0 Å². The standard InChI is InChI=1S/C16H31N2O.V/c1-2-15-6-11-18(12-7-15)10-3-13-19-14-16-4-8-17-9-5-16;/h15-16H,2-14H2,1H3;/q-1;. The fourth-order valence-corrected chi connectivity index (χ4v) is 3.23. The van der Waals surface area contributed by atoms with Crippen molar-refractivity contribution < 1.29 is 23.3 Å². The Balaban J connectivity index is 0.00000200. The number of nitrogens with zero attached hydrogens (tertiary/aromatic N) is 2. The largest absolute Gasteiger partial charge is 0.662 e. The van der Waals surface area contributed by atoms with Crippen LogP contribution in [0, 0.1) is 11.8 Å². The first-order valence-electron chi connectivity index (χ1n) is 8.32. The van der Waals surface area contributed by atoms with Crippen molar-refractivity contribution in [1.29, 1.82) is 0 Å². The Morgan fingerprint density at radius 1 is 1.05 bits per heavy atom. The van der Waals surface area contributed by atoms with Crippen molar-refractivity contribution in [2.45, 2.75) is 45.4 Å². The minimum Gasteiger partial charge on any atom is -0.662 e. The molecule has 1 radical (unpaired) electrons. The summed E-state index contributed by atoms with van der Waals surface area (Å²) in [6, 6.07) is 0. The van der Waals surface area contributed by atoms with Crippen LogP contribution in [0.1, 0.15) is 45.4 Å². The second-order valence-corrected chi connectivity index (χ2v) is 6.24. The van der Waals surface area contributed by atoms with Gasteiger partial charge >= 0.3 is 0 Å². The van der Waals surface area contributed by atoms with Gasteiger partial charge in [-0.15, -0.1) is 13.1 Å². The monoisotopic (exact) mass is 318 g/mol. The van der Waals surface area contributed by atoms with E-state index in [0.717, 1.165) is 38.1 Å². The van der Waals surface area contributed by atoms with E-state index in [2.05, 4.69) is 17.1 Å². The summed E-state index contributed by atoms with van der Waals surface area (Å²) in [5, 5.41) is 4.38. The van der Waals surface area contributed by atoms with Crippen molar-refractivity contribution in [3.63, 3.8) is 0 Å². The molecule has 0 aromatic heterocycles. The molecule has 0 unspecified atom stereocenters. The van der Waals surface area contributed by atoms with Gasteiger partial charge in [-0.25, -0.2) is 0 Å². The Labute approximate surface area is 137 Å². The average molecular weight is 318 g/mol. The number of hydrogen-bond acceptors (Lipinski definition) is 2. The number of ether oxygens (including phenoxy) is 1. The summed E-state index contributed by atoms with van der Waals surface area (Å²) >= 11 is 0. The van der Waals surface area contributed by atoms with E-state index in [9.17, 15) is 0 Å². The van der Waals surface area contributed by atoms with Crippen molar-refractivity contribution in [3.05, 3.63) is 5.32 Å². The fourth-order valence-electron chi connectivity index (χ4n) is 3.23. The molecule has 0 atom stereocenters. The summed E-state index contributed by atoms with van der Waals surface area (Å²) in [4.78, 5) is 2.62. The van der Waals surface area contributed by atoms with Crippen LogP contribution in [-0.4, -0.2) is 50.8 Å². The number of rotatable bonds is 7. The van der Waals surface area contributed by atoms with Gasteiger partial charge in [0.2, 0.25) is 0 Å². The van der Waals surface area contributed by atoms with Gasteiger partial charge in [-0.3, -0.25) is 0 Å². The van der Waals surface area contributed by atoms with Crippen molar-refractivity contribution >= 4 is 0 Å². The molecule has 2 aliphatic heterocycles. The summed E-state index contributed by atoms with van der Waals surface area (Å²) < 4.78 is 5.84. The number of piperidine rings is 2. The first-order valence-corrected chi connectivity index (χ1v) is 8.32. The maximum Gasteiger partial charge on any atom is 0.0493 e. The van der Waals surface area contributed by atoms with Crippen LogP contribution < -0.4 is 0 Å². The van der Waals surface area contributed by atoms with E-state index in [0.29, 0.717) is 0 Å². The van der Waals surface area contributed by atoms with Crippen LogP contribution in [0.4, 0.5) is 0 Å². The Morgan fingerprint density at radius 2 is 1.75 bits per heavy atom. The predicted molar refractivity (Wildman–Crippen MR) is 80.7 cm³/mol. The quantitative estimate of drug-likeness (QED) is 0.673. The molecule has 2 fully saturated rings. The third-order valence-corrected chi connectivity index (χ3v) is 4.79. The van der Waals surface area contributed by atoms with Crippen LogP contribution >= 0.6 is 0 Å². The first-order chi connectivity index (χ1) is 9.38. The average Bonchev–Trinajstić information content (AvgIpc) is 2.49. The third-order valence-electron chi connectivity index (χ3n) is 4.79. The van der Waals surface area contributed by atoms with Crippen LogP contribution in [0.25, 0.3) is 5.32 Å². The van der Waals surface area contributed by atoms with E-state index in [1.807, 2.05) is 0 Å². The van der Waals surface area contributed by atoms with E-state index < -0.39 is 0 Å². The molecule has 2 aliphatic rings. The third kappa shape index (κ3) is 6.95. The zero-order valence-corrected chi connectivity index (χ0v) is 14.5. The van der Waals surface area contributed by atoms with E-state index in [1.165, 1.54) is 58.2 Å². The van der Waals surface area contributed by atoms with Gasteiger partial charge < -0.3 is 15.0 Å². The van der Waals surface area contributed by atoms with Gasteiger partial charge in [0, 0.05) is 38.3 Å². The molecule has 2 saturated heterocycles. The Kier molecular flexibility index (Phi) is 10.3. The second kappa shape index (κ2) is 11.1. The van der Waals surface area contributed by atoms with Gasteiger partial charge in [-0.05, 0) is 44.2 Å². The molecule has 0 amide bonds. The van der Waals surface area contributed by atoms with Gasteiger partial charge in [0.15, 0.2) is 0 Å². The summed E-state index contributed by atoms with van der Waals surface area (Å²) in [6.45, 7) is 10.2. The number of likely N-dealkylation sites (tertiary alicyclic amines) is 1. The van der Waals surface area contributed by atoms with Crippen molar-refractivity contribution in [2.24, 2.45) is 11.8 Å². The maximum absolute atomic E-state index is 5.84. The molecule has 0 aromatic carbocycles. The van der Waals surface area contributed by atoms with Crippen LogP contribution in [0.2, 0.25) is 0 Å². The zero-order chi connectivity index (χ0) is 13.3. The minimum atomic E-state index is 0. The summed E-state index contributed by atoms with van der Waals surface area (Å²) in [5.74, 6) is 1.77. The molecule has 2 heterocycles. The molecule has 2 rings (SSSR count). The van der Waals surface area contributed by atoms with E-state index in [-0.39, 0.29) is 18.6 Å². The maximum atomic E-state index is 5.84. The molecule has 0 aliphatic carbocycles. The van der Waals surface area contributed by atoms with Crippen LogP contribution in [0.3, 0.4) is 0 Å². The van der Waals surface area contributed by atoms with Crippen molar-refractivity contribution in [2.75, 3.05) is 45.9 Å². The smallest absolute Gasteiger partial charge is 0.0493 e. The second-order valence-electron chi connectivity index (χ2n) is 6.24. The molecule has 0 aromatic rings. The predicted octanol–water partition coefficient (Wildman–Crippen LogP) is 3.30. The van der Waals surface area contributed by atoms with Gasteiger partial charge in [0.1, 0.15) is 0 Å². The Morgan fingerprint density at radius 3 is 2.40 bits per heavy atom. The van der Waals surface area contributed by atoms with Crippen molar-refractivity contribution in [3.8, 4) is 0 Å². The van der Waals surface area contributed by atoms with E-state index >= 15 is 0 Å². The Hall–Kier alpha value is 0.464. The summed E-state index contributed by atoms with van der Waals surface area (Å²) in [6.07, 6.45) is 7.86. The molecule has 0 N–H and O–H groups in total. The Bertz CT molecular complexity index is 227. The topological polar surface area (TPSA) is 26.6 Å². The molecule has 0 saturated carbocycles.